The molecule has 0 heterocycles. The van der Waals surface area contributed by atoms with E-state index in [9.17, 15) is 4.79 Å². The summed E-state index contributed by atoms with van der Waals surface area (Å²) in [6.45, 7) is 1.87. The number of hydrogen-bond donors (Lipinski definition) is 2. The van der Waals surface area contributed by atoms with Crippen molar-refractivity contribution in [3.05, 3.63) is 57.6 Å². The standard InChI is InChI=1S/C15H14Cl2N2O/c1-9-6-13(18)12(17)8-14(9)19-15(20)7-10-2-4-11(16)5-3-10/h2-6,8H,7,18H2,1H3,(H,19,20). The summed E-state index contributed by atoms with van der Waals surface area (Å²) in [6, 6.07) is 10.6. The second-order valence-corrected chi connectivity index (χ2v) is 5.38. The lowest BCUT2D eigenvalue weighted by molar-refractivity contribution is -0.115. The highest BCUT2D eigenvalue weighted by Gasteiger charge is 2.08. The van der Waals surface area contributed by atoms with Crippen LogP contribution >= 0.6 is 23.2 Å². The van der Waals surface area contributed by atoms with Crippen LogP contribution in [0.15, 0.2) is 36.4 Å². The lowest BCUT2D eigenvalue weighted by Gasteiger charge is -2.10. The molecule has 0 aliphatic rings. The number of anilines is 2. The highest BCUT2D eigenvalue weighted by atomic mass is 35.5. The van der Waals surface area contributed by atoms with Gasteiger partial charge in [0.1, 0.15) is 0 Å². The molecule has 20 heavy (non-hydrogen) atoms. The third-order valence-electron chi connectivity index (χ3n) is 2.90. The van der Waals surface area contributed by atoms with Crippen LogP contribution in [0.1, 0.15) is 11.1 Å². The Morgan fingerprint density at radius 3 is 2.50 bits per heavy atom. The molecule has 0 saturated carbocycles. The summed E-state index contributed by atoms with van der Waals surface area (Å²) in [6.07, 6.45) is 0.276. The van der Waals surface area contributed by atoms with E-state index >= 15 is 0 Å². The third kappa shape index (κ3) is 3.65. The van der Waals surface area contributed by atoms with Crippen molar-refractivity contribution < 1.29 is 4.79 Å². The zero-order valence-corrected chi connectivity index (χ0v) is 12.4. The van der Waals surface area contributed by atoms with Gasteiger partial charge < -0.3 is 11.1 Å². The van der Waals surface area contributed by atoms with Gasteiger partial charge in [0.2, 0.25) is 5.91 Å². The maximum atomic E-state index is 12.0. The minimum Gasteiger partial charge on any atom is -0.398 e. The average Bonchev–Trinajstić information content (AvgIpc) is 2.39. The molecule has 3 nitrogen and oxygen atoms in total. The van der Waals surface area contributed by atoms with Crippen molar-refractivity contribution in [3.63, 3.8) is 0 Å². The van der Waals surface area contributed by atoms with E-state index in [1.807, 2.05) is 19.1 Å². The number of amides is 1. The highest BCUT2D eigenvalue weighted by molar-refractivity contribution is 6.33. The molecule has 0 bridgehead atoms. The number of carbonyl (C=O) groups excluding carboxylic acids is 1. The van der Waals surface area contributed by atoms with Crippen LogP contribution in [0.4, 0.5) is 11.4 Å². The quantitative estimate of drug-likeness (QED) is 0.840. The minimum atomic E-state index is -0.115. The molecule has 0 fully saturated rings. The summed E-state index contributed by atoms with van der Waals surface area (Å²) in [7, 11) is 0. The maximum Gasteiger partial charge on any atom is 0.228 e. The van der Waals surface area contributed by atoms with Crippen LogP contribution < -0.4 is 11.1 Å². The van der Waals surface area contributed by atoms with Gasteiger partial charge in [0.15, 0.2) is 0 Å². The molecule has 0 aliphatic heterocycles. The Hall–Kier alpha value is -1.71. The smallest absolute Gasteiger partial charge is 0.228 e. The van der Waals surface area contributed by atoms with Crippen molar-refractivity contribution in [2.75, 3.05) is 11.1 Å². The summed E-state index contributed by atoms with van der Waals surface area (Å²) < 4.78 is 0. The SMILES string of the molecule is Cc1cc(N)c(Cl)cc1NC(=O)Cc1ccc(Cl)cc1. The number of halogens is 2. The van der Waals surface area contributed by atoms with Crippen LogP contribution in [-0.4, -0.2) is 5.91 Å². The lowest BCUT2D eigenvalue weighted by Crippen LogP contribution is -2.15. The predicted octanol–water partition coefficient (Wildman–Crippen LogP) is 4.07. The number of hydrogen-bond acceptors (Lipinski definition) is 2. The normalized spacial score (nSPS) is 10.3. The molecule has 0 spiro atoms. The van der Waals surface area contributed by atoms with Gasteiger partial charge in [-0.15, -0.1) is 0 Å². The van der Waals surface area contributed by atoms with Gasteiger partial charge >= 0.3 is 0 Å². The van der Waals surface area contributed by atoms with Crippen LogP contribution in [0.2, 0.25) is 10.0 Å². The van der Waals surface area contributed by atoms with Crippen molar-refractivity contribution in [2.24, 2.45) is 0 Å². The summed E-state index contributed by atoms with van der Waals surface area (Å²) in [5.41, 5.74) is 8.64. The molecule has 3 N–H and O–H groups in total. The van der Waals surface area contributed by atoms with E-state index < -0.39 is 0 Å². The molecule has 1 amide bonds. The average molecular weight is 309 g/mol. The minimum absolute atomic E-state index is 0.115. The zero-order chi connectivity index (χ0) is 14.7. The molecule has 2 rings (SSSR count). The summed E-state index contributed by atoms with van der Waals surface area (Å²) in [5.74, 6) is -0.115. The van der Waals surface area contributed by atoms with E-state index in [0.717, 1.165) is 11.1 Å². The first-order chi connectivity index (χ1) is 9.45. The zero-order valence-electron chi connectivity index (χ0n) is 10.9. The summed E-state index contributed by atoms with van der Waals surface area (Å²) in [5, 5.41) is 3.91. The molecule has 104 valence electrons. The van der Waals surface area contributed by atoms with Crippen molar-refractivity contribution >= 4 is 40.5 Å². The summed E-state index contributed by atoms with van der Waals surface area (Å²) >= 11 is 11.8. The van der Waals surface area contributed by atoms with Crippen molar-refractivity contribution in [2.45, 2.75) is 13.3 Å². The molecule has 0 radical (unpaired) electrons. The van der Waals surface area contributed by atoms with Gasteiger partial charge in [-0.05, 0) is 42.3 Å². The van der Waals surface area contributed by atoms with Gasteiger partial charge in [0, 0.05) is 10.7 Å². The Balaban J connectivity index is 2.08. The van der Waals surface area contributed by atoms with Crippen LogP contribution in [0.5, 0.6) is 0 Å². The van der Waals surface area contributed by atoms with Crippen LogP contribution in [-0.2, 0) is 11.2 Å². The molecule has 0 aliphatic carbocycles. The molecular weight excluding hydrogens is 295 g/mol. The number of aryl methyl sites for hydroxylation is 1. The van der Waals surface area contributed by atoms with Crippen molar-refractivity contribution in [3.8, 4) is 0 Å². The summed E-state index contributed by atoms with van der Waals surface area (Å²) in [4.78, 5) is 12.0. The molecule has 0 unspecified atom stereocenters. The van der Waals surface area contributed by atoms with Gasteiger partial charge in [0.05, 0.1) is 17.1 Å². The number of nitrogens with two attached hydrogens (primary N) is 1. The highest BCUT2D eigenvalue weighted by Crippen LogP contribution is 2.26. The monoisotopic (exact) mass is 308 g/mol. The van der Waals surface area contributed by atoms with Gasteiger partial charge in [-0.2, -0.15) is 0 Å². The first-order valence-corrected chi connectivity index (χ1v) is 6.81. The van der Waals surface area contributed by atoms with Crippen LogP contribution in [0, 0.1) is 6.92 Å². The maximum absolute atomic E-state index is 12.0. The molecule has 0 aromatic heterocycles. The lowest BCUT2D eigenvalue weighted by atomic mass is 10.1. The molecule has 2 aromatic carbocycles. The van der Waals surface area contributed by atoms with E-state index in [-0.39, 0.29) is 12.3 Å². The fourth-order valence-electron chi connectivity index (χ4n) is 1.82. The second-order valence-electron chi connectivity index (χ2n) is 4.54. The largest absolute Gasteiger partial charge is 0.398 e. The Kier molecular flexibility index (Phi) is 4.53. The van der Waals surface area contributed by atoms with E-state index in [0.29, 0.717) is 21.4 Å². The van der Waals surface area contributed by atoms with Gasteiger partial charge in [-0.25, -0.2) is 0 Å². The van der Waals surface area contributed by atoms with Crippen LogP contribution in [0.25, 0.3) is 0 Å². The van der Waals surface area contributed by atoms with Crippen molar-refractivity contribution in [1.29, 1.82) is 0 Å². The van der Waals surface area contributed by atoms with Gasteiger partial charge in [-0.1, -0.05) is 35.3 Å². The van der Waals surface area contributed by atoms with Gasteiger partial charge in [0.25, 0.3) is 0 Å². The molecule has 2 aromatic rings. The fraction of sp³-hybridized carbons (Fsp3) is 0.133. The number of rotatable bonds is 3. The first-order valence-electron chi connectivity index (χ1n) is 6.05. The topological polar surface area (TPSA) is 55.1 Å². The number of benzene rings is 2. The molecule has 0 atom stereocenters. The van der Waals surface area contributed by atoms with E-state index in [1.54, 1.807) is 24.3 Å². The molecular formula is C15H14Cl2N2O. The Labute approximate surface area is 127 Å². The molecule has 0 saturated heterocycles. The molecule has 5 heteroatoms. The fourth-order valence-corrected chi connectivity index (χ4v) is 2.11. The van der Waals surface area contributed by atoms with E-state index in [4.69, 9.17) is 28.9 Å². The first kappa shape index (κ1) is 14.7. The van der Waals surface area contributed by atoms with Gasteiger partial charge in [-0.3, -0.25) is 4.79 Å². The Morgan fingerprint density at radius 2 is 1.85 bits per heavy atom. The third-order valence-corrected chi connectivity index (χ3v) is 3.48. The van der Waals surface area contributed by atoms with Crippen molar-refractivity contribution in [1.82, 2.24) is 0 Å². The van der Waals surface area contributed by atoms with Crippen LogP contribution in [0.3, 0.4) is 0 Å². The number of nitrogens with one attached hydrogen (secondary N) is 1. The van der Waals surface area contributed by atoms with E-state index in [2.05, 4.69) is 5.32 Å². The number of nitrogen functional groups attached to an aromatic ring is 1. The Bertz CT molecular complexity index is 639. The Morgan fingerprint density at radius 1 is 1.20 bits per heavy atom. The predicted molar refractivity (Wildman–Crippen MR) is 84.4 cm³/mol. The second kappa shape index (κ2) is 6.16. The number of carbonyl (C=O) groups is 1. The van der Waals surface area contributed by atoms with E-state index in [1.165, 1.54) is 0 Å².